The zero-order chi connectivity index (χ0) is 10.7. The molecule has 1 saturated heterocycles. The first-order chi connectivity index (χ1) is 7.33. The standard InChI is InChI=1S/C10H18N4O/c1-2-8-3-5-14(6-4-8)10-13-12-9(7-11)15-10/h8H,2-7,11H2,1H3. The van der Waals surface area contributed by atoms with E-state index in [1.807, 2.05) is 0 Å². The lowest BCUT2D eigenvalue weighted by atomic mass is 9.95. The van der Waals surface area contributed by atoms with E-state index in [1.54, 1.807) is 0 Å². The number of piperidine rings is 1. The van der Waals surface area contributed by atoms with E-state index in [-0.39, 0.29) is 0 Å². The molecule has 1 aliphatic heterocycles. The zero-order valence-electron chi connectivity index (χ0n) is 9.15. The molecule has 1 fully saturated rings. The van der Waals surface area contributed by atoms with Crippen molar-refractivity contribution in [3.05, 3.63) is 5.89 Å². The van der Waals surface area contributed by atoms with E-state index in [0.29, 0.717) is 18.5 Å². The molecule has 5 heteroatoms. The fraction of sp³-hybridized carbons (Fsp3) is 0.800. The molecule has 1 aromatic rings. The summed E-state index contributed by atoms with van der Waals surface area (Å²) in [7, 11) is 0. The molecule has 0 unspecified atom stereocenters. The van der Waals surface area contributed by atoms with Crippen molar-refractivity contribution in [2.24, 2.45) is 11.7 Å². The van der Waals surface area contributed by atoms with E-state index in [4.69, 9.17) is 10.2 Å². The molecule has 0 bridgehead atoms. The van der Waals surface area contributed by atoms with Gasteiger partial charge < -0.3 is 15.1 Å². The fourth-order valence-corrected chi connectivity index (χ4v) is 1.99. The van der Waals surface area contributed by atoms with Crippen molar-refractivity contribution in [2.45, 2.75) is 32.7 Å². The van der Waals surface area contributed by atoms with Gasteiger partial charge in [-0.05, 0) is 18.8 Å². The molecule has 1 aliphatic rings. The number of nitrogens with zero attached hydrogens (tertiary/aromatic N) is 3. The Morgan fingerprint density at radius 1 is 1.40 bits per heavy atom. The average molecular weight is 210 g/mol. The van der Waals surface area contributed by atoms with Gasteiger partial charge in [0, 0.05) is 13.1 Å². The summed E-state index contributed by atoms with van der Waals surface area (Å²) in [5.74, 6) is 1.38. The van der Waals surface area contributed by atoms with Gasteiger partial charge in [0.05, 0.1) is 6.54 Å². The van der Waals surface area contributed by atoms with Gasteiger partial charge in [0.25, 0.3) is 0 Å². The number of hydrogen-bond donors (Lipinski definition) is 1. The summed E-state index contributed by atoms with van der Waals surface area (Å²) in [5, 5.41) is 7.86. The van der Waals surface area contributed by atoms with Crippen LogP contribution in [0.5, 0.6) is 0 Å². The molecule has 2 N–H and O–H groups in total. The first kappa shape index (κ1) is 10.4. The highest BCUT2D eigenvalue weighted by Gasteiger charge is 2.21. The number of nitrogens with two attached hydrogens (primary N) is 1. The SMILES string of the molecule is CCC1CCN(c2nnc(CN)o2)CC1. The third-order valence-corrected chi connectivity index (χ3v) is 3.09. The van der Waals surface area contributed by atoms with Crippen LogP contribution in [0.2, 0.25) is 0 Å². The summed E-state index contributed by atoms with van der Waals surface area (Å²) >= 11 is 0. The van der Waals surface area contributed by atoms with Crippen LogP contribution in [0.4, 0.5) is 6.01 Å². The van der Waals surface area contributed by atoms with Crippen LogP contribution in [0.15, 0.2) is 4.42 Å². The number of anilines is 1. The molecule has 2 rings (SSSR count). The smallest absolute Gasteiger partial charge is 0.318 e. The maximum atomic E-state index is 5.42. The Labute approximate surface area is 89.6 Å². The second-order valence-corrected chi connectivity index (χ2v) is 4.02. The lowest BCUT2D eigenvalue weighted by Crippen LogP contribution is -2.33. The van der Waals surface area contributed by atoms with Gasteiger partial charge in [0.15, 0.2) is 0 Å². The van der Waals surface area contributed by atoms with Gasteiger partial charge in [-0.25, -0.2) is 0 Å². The number of rotatable bonds is 3. The monoisotopic (exact) mass is 210 g/mol. The molecular weight excluding hydrogens is 192 g/mol. The third-order valence-electron chi connectivity index (χ3n) is 3.09. The van der Waals surface area contributed by atoms with Crippen LogP contribution in [0.1, 0.15) is 32.1 Å². The highest BCUT2D eigenvalue weighted by atomic mass is 16.4. The van der Waals surface area contributed by atoms with Crippen molar-refractivity contribution < 1.29 is 4.42 Å². The summed E-state index contributed by atoms with van der Waals surface area (Å²) in [4.78, 5) is 2.15. The van der Waals surface area contributed by atoms with E-state index in [0.717, 1.165) is 19.0 Å². The second kappa shape index (κ2) is 4.61. The minimum absolute atomic E-state index is 0.318. The van der Waals surface area contributed by atoms with Gasteiger partial charge in [0.2, 0.25) is 5.89 Å². The van der Waals surface area contributed by atoms with Crippen molar-refractivity contribution in [1.82, 2.24) is 10.2 Å². The Kier molecular flexibility index (Phi) is 3.20. The molecule has 0 aromatic carbocycles. The normalized spacial score (nSPS) is 18.4. The number of hydrogen-bond acceptors (Lipinski definition) is 5. The first-order valence-electron chi connectivity index (χ1n) is 5.61. The number of aromatic nitrogens is 2. The Morgan fingerprint density at radius 3 is 2.67 bits per heavy atom. The molecule has 0 saturated carbocycles. The van der Waals surface area contributed by atoms with E-state index in [1.165, 1.54) is 19.3 Å². The molecular formula is C10H18N4O. The maximum absolute atomic E-state index is 5.42. The Hall–Kier alpha value is -1.10. The minimum atomic E-state index is 0.318. The molecule has 0 aliphatic carbocycles. The summed E-state index contributed by atoms with van der Waals surface area (Å²) in [6.45, 7) is 4.60. The van der Waals surface area contributed by atoms with E-state index in [2.05, 4.69) is 22.0 Å². The molecule has 0 spiro atoms. The van der Waals surface area contributed by atoms with Crippen LogP contribution in [0, 0.1) is 5.92 Å². The molecule has 0 amide bonds. The first-order valence-corrected chi connectivity index (χ1v) is 5.61. The lowest BCUT2D eigenvalue weighted by Gasteiger charge is -2.29. The average Bonchev–Trinajstić information content (AvgIpc) is 2.78. The molecule has 5 nitrogen and oxygen atoms in total. The molecule has 84 valence electrons. The van der Waals surface area contributed by atoms with Crippen LogP contribution in [-0.2, 0) is 6.54 Å². The Bertz CT molecular complexity index is 304. The predicted molar refractivity (Wildman–Crippen MR) is 57.4 cm³/mol. The summed E-state index contributed by atoms with van der Waals surface area (Å²) < 4.78 is 5.42. The summed E-state index contributed by atoms with van der Waals surface area (Å²) in [6.07, 6.45) is 3.71. The van der Waals surface area contributed by atoms with Crippen LogP contribution >= 0.6 is 0 Å². The quantitative estimate of drug-likeness (QED) is 0.810. The van der Waals surface area contributed by atoms with Crippen molar-refractivity contribution in [3.8, 4) is 0 Å². The fourth-order valence-electron chi connectivity index (χ4n) is 1.99. The Morgan fingerprint density at radius 2 is 2.13 bits per heavy atom. The molecule has 15 heavy (non-hydrogen) atoms. The zero-order valence-corrected chi connectivity index (χ0v) is 9.15. The third kappa shape index (κ3) is 2.28. The van der Waals surface area contributed by atoms with Crippen molar-refractivity contribution >= 4 is 6.01 Å². The van der Waals surface area contributed by atoms with Crippen molar-refractivity contribution in [2.75, 3.05) is 18.0 Å². The molecule has 0 atom stereocenters. The molecule has 0 radical (unpaired) electrons. The second-order valence-electron chi connectivity index (χ2n) is 4.02. The van der Waals surface area contributed by atoms with Crippen molar-refractivity contribution in [1.29, 1.82) is 0 Å². The van der Waals surface area contributed by atoms with Gasteiger partial charge in [-0.15, -0.1) is 5.10 Å². The van der Waals surface area contributed by atoms with Gasteiger partial charge in [-0.2, -0.15) is 0 Å². The largest absolute Gasteiger partial charge is 0.407 e. The summed E-state index contributed by atoms with van der Waals surface area (Å²) in [6, 6.07) is 0.630. The predicted octanol–water partition coefficient (Wildman–Crippen LogP) is 1.15. The van der Waals surface area contributed by atoms with Gasteiger partial charge in [-0.3, -0.25) is 0 Å². The van der Waals surface area contributed by atoms with E-state index >= 15 is 0 Å². The maximum Gasteiger partial charge on any atom is 0.318 e. The van der Waals surface area contributed by atoms with E-state index in [9.17, 15) is 0 Å². The van der Waals surface area contributed by atoms with Gasteiger partial charge >= 0.3 is 6.01 Å². The van der Waals surface area contributed by atoms with Crippen molar-refractivity contribution in [3.63, 3.8) is 0 Å². The van der Waals surface area contributed by atoms with Crippen LogP contribution in [0.3, 0.4) is 0 Å². The summed E-state index contributed by atoms with van der Waals surface area (Å²) in [5.41, 5.74) is 5.42. The highest BCUT2D eigenvalue weighted by Crippen LogP contribution is 2.23. The van der Waals surface area contributed by atoms with Crippen LogP contribution in [-0.4, -0.2) is 23.3 Å². The van der Waals surface area contributed by atoms with Crippen LogP contribution < -0.4 is 10.6 Å². The lowest BCUT2D eigenvalue weighted by molar-refractivity contribution is 0.375. The molecule has 1 aromatic heterocycles. The minimum Gasteiger partial charge on any atom is -0.407 e. The van der Waals surface area contributed by atoms with Gasteiger partial charge in [0.1, 0.15) is 0 Å². The highest BCUT2D eigenvalue weighted by molar-refractivity contribution is 5.24. The van der Waals surface area contributed by atoms with Crippen LogP contribution in [0.25, 0.3) is 0 Å². The Balaban J connectivity index is 1.95. The topological polar surface area (TPSA) is 68.2 Å². The van der Waals surface area contributed by atoms with Gasteiger partial charge in [-0.1, -0.05) is 18.4 Å². The molecule has 2 heterocycles. The van der Waals surface area contributed by atoms with E-state index < -0.39 is 0 Å².